The number of ketones is 1. The van der Waals surface area contributed by atoms with Crippen LogP contribution in [0.15, 0.2) is 36.4 Å². The van der Waals surface area contributed by atoms with Gasteiger partial charge in [-0.2, -0.15) is 0 Å². The number of benzene rings is 1. The van der Waals surface area contributed by atoms with Crippen molar-refractivity contribution in [1.82, 2.24) is 4.90 Å². The third kappa shape index (κ3) is 2.79. The summed E-state index contributed by atoms with van der Waals surface area (Å²) in [5, 5.41) is 0. The van der Waals surface area contributed by atoms with Crippen LogP contribution >= 0.6 is 0 Å². The summed E-state index contributed by atoms with van der Waals surface area (Å²) in [6.45, 7) is -0.874. The highest BCUT2D eigenvalue weighted by atomic mass is 16.5. The summed E-state index contributed by atoms with van der Waals surface area (Å²) < 4.78 is 10.1. The Kier molecular flexibility index (Phi) is 4.08. The van der Waals surface area contributed by atoms with E-state index in [1.54, 1.807) is 24.3 Å². The van der Waals surface area contributed by atoms with Crippen LogP contribution < -0.4 is 4.74 Å². The van der Waals surface area contributed by atoms with Crippen LogP contribution in [0.4, 0.5) is 0 Å². The largest absolute Gasteiger partial charge is 0.497 e. The van der Waals surface area contributed by atoms with E-state index in [0.29, 0.717) is 23.1 Å². The van der Waals surface area contributed by atoms with Gasteiger partial charge in [0.1, 0.15) is 12.3 Å². The number of nitrogens with zero attached hydrogens (tertiary/aromatic N) is 1. The molecule has 6 atom stereocenters. The van der Waals surface area contributed by atoms with Crippen molar-refractivity contribution in [3.05, 3.63) is 42.0 Å². The second-order valence-electron chi connectivity index (χ2n) is 8.23. The molecular formula is C22H21NO6. The van der Waals surface area contributed by atoms with E-state index in [9.17, 15) is 19.2 Å². The fourth-order valence-corrected chi connectivity index (χ4v) is 5.36. The predicted octanol–water partition coefficient (Wildman–Crippen LogP) is 1.47. The van der Waals surface area contributed by atoms with Gasteiger partial charge in [-0.3, -0.25) is 24.1 Å². The molecule has 1 aromatic rings. The van der Waals surface area contributed by atoms with Crippen LogP contribution in [0.5, 0.6) is 5.75 Å². The van der Waals surface area contributed by atoms with Gasteiger partial charge in [0.15, 0.2) is 12.4 Å². The average molecular weight is 395 g/mol. The van der Waals surface area contributed by atoms with Crippen LogP contribution in [0.2, 0.25) is 0 Å². The smallest absolute Gasteiger partial charge is 0.326 e. The number of esters is 1. The molecule has 4 aliphatic carbocycles. The minimum atomic E-state index is -0.752. The van der Waals surface area contributed by atoms with E-state index in [1.807, 2.05) is 0 Å². The Hall–Kier alpha value is -2.96. The Bertz CT molecular complexity index is 899. The van der Waals surface area contributed by atoms with E-state index in [1.165, 1.54) is 7.11 Å². The molecule has 7 nitrogen and oxygen atoms in total. The molecule has 150 valence electrons. The Balaban J connectivity index is 1.20. The van der Waals surface area contributed by atoms with Crippen molar-refractivity contribution in [3.8, 4) is 5.75 Å². The van der Waals surface area contributed by atoms with Crippen molar-refractivity contribution in [2.24, 2.45) is 35.5 Å². The maximum atomic E-state index is 12.8. The van der Waals surface area contributed by atoms with Gasteiger partial charge in [-0.25, -0.2) is 0 Å². The van der Waals surface area contributed by atoms with E-state index < -0.39 is 19.1 Å². The Morgan fingerprint density at radius 3 is 2.14 bits per heavy atom. The van der Waals surface area contributed by atoms with Crippen molar-refractivity contribution < 1.29 is 28.7 Å². The van der Waals surface area contributed by atoms with Gasteiger partial charge in [0.2, 0.25) is 11.8 Å². The molecule has 0 spiro atoms. The number of ether oxygens (including phenoxy) is 2. The number of rotatable bonds is 6. The van der Waals surface area contributed by atoms with Crippen LogP contribution in [0, 0.1) is 35.5 Å². The van der Waals surface area contributed by atoms with Crippen molar-refractivity contribution in [2.45, 2.75) is 6.42 Å². The van der Waals surface area contributed by atoms with Crippen molar-refractivity contribution >= 4 is 23.6 Å². The lowest BCUT2D eigenvalue weighted by Gasteiger charge is -2.37. The Morgan fingerprint density at radius 1 is 1.00 bits per heavy atom. The first-order chi connectivity index (χ1) is 14.0. The van der Waals surface area contributed by atoms with E-state index in [2.05, 4.69) is 12.2 Å². The molecule has 29 heavy (non-hydrogen) atoms. The fourth-order valence-electron chi connectivity index (χ4n) is 5.36. The lowest BCUT2D eigenvalue weighted by molar-refractivity contribution is -0.152. The number of imide groups is 1. The van der Waals surface area contributed by atoms with Gasteiger partial charge < -0.3 is 9.47 Å². The minimum Gasteiger partial charge on any atom is -0.497 e. The average Bonchev–Trinajstić information content (AvgIpc) is 3.53. The molecule has 0 radical (unpaired) electrons. The van der Waals surface area contributed by atoms with Gasteiger partial charge in [0.05, 0.1) is 18.9 Å². The number of hydrogen-bond acceptors (Lipinski definition) is 6. The van der Waals surface area contributed by atoms with E-state index in [0.717, 1.165) is 11.3 Å². The zero-order valence-electron chi connectivity index (χ0n) is 15.9. The summed E-state index contributed by atoms with van der Waals surface area (Å²) in [6, 6.07) is 6.46. The van der Waals surface area contributed by atoms with Crippen LogP contribution in [0.25, 0.3) is 0 Å². The number of hydrogen-bond donors (Lipinski definition) is 0. The number of allylic oxidation sites excluding steroid dienone is 2. The first kappa shape index (κ1) is 18.1. The summed E-state index contributed by atoms with van der Waals surface area (Å²) >= 11 is 0. The molecule has 0 aromatic heterocycles. The Morgan fingerprint density at radius 2 is 1.59 bits per heavy atom. The third-order valence-corrected chi connectivity index (χ3v) is 6.82. The minimum absolute atomic E-state index is 0.115. The molecule has 1 aromatic carbocycles. The fraction of sp³-hybridized carbons (Fsp3) is 0.455. The molecule has 2 amide bonds. The normalized spacial score (nSPS) is 33.3. The van der Waals surface area contributed by atoms with Gasteiger partial charge in [-0.1, -0.05) is 12.2 Å². The molecule has 3 fully saturated rings. The third-order valence-electron chi connectivity index (χ3n) is 6.82. The van der Waals surface area contributed by atoms with E-state index in [4.69, 9.17) is 9.47 Å². The lowest BCUT2D eigenvalue weighted by atomic mass is 9.63. The number of carbonyl (C=O) groups is 4. The highest BCUT2D eigenvalue weighted by molar-refractivity contribution is 6.08. The van der Waals surface area contributed by atoms with Gasteiger partial charge in [0, 0.05) is 5.56 Å². The zero-order chi connectivity index (χ0) is 20.3. The van der Waals surface area contributed by atoms with Crippen LogP contribution in [-0.4, -0.2) is 48.7 Å². The maximum Gasteiger partial charge on any atom is 0.326 e. The standard InChI is InChI=1S/C22H21NO6/c1-28-12-4-2-11(3-5-12)17(24)10-29-18(25)9-23-21(26)19-13-6-7-14(16-8-15(13)16)20(19)22(23)27/h2-7,13-16,19-20H,8-10H2,1H3/t13-,14+,15-,16-,19-,20+/m1/s1. The lowest BCUT2D eigenvalue weighted by Crippen LogP contribution is -2.40. The summed E-state index contributed by atoms with van der Waals surface area (Å²) in [5.41, 5.74) is 0.389. The topological polar surface area (TPSA) is 90.0 Å². The first-order valence-corrected chi connectivity index (χ1v) is 9.86. The number of carbonyl (C=O) groups excluding carboxylic acids is 4. The zero-order valence-corrected chi connectivity index (χ0v) is 15.9. The molecule has 5 aliphatic rings. The van der Waals surface area contributed by atoms with E-state index in [-0.39, 0.29) is 41.3 Å². The molecular weight excluding hydrogens is 374 g/mol. The summed E-state index contributed by atoms with van der Waals surface area (Å²) in [5.74, 6) is -0.473. The monoisotopic (exact) mass is 395 g/mol. The summed E-state index contributed by atoms with van der Waals surface area (Å²) in [6.07, 6.45) is 5.26. The highest BCUT2D eigenvalue weighted by Gasteiger charge is 2.67. The summed E-state index contributed by atoms with van der Waals surface area (Å²) in [7, 11) is 1.53. The number of Topliss-reactive ketones (excluding diaryl/α,β-unsaturated/α-hetero) is 1. The van der Waals surface area contributed by atoms with Crippen molar-refractivity contribution in [3.63, 3.8) is 0 Å². The second kappa shape index (κ2) is 6.54. The molecule has 0 unspecified atom stereocenters. The number of amides is 2. The molecule has 2 saturated carbocycles. The highest BCUT2D eigenvalue weighted by Crippen LogP contribution is 2.65. The quantitative estimate of drug-likeness (QED) is 0.314. The van der Waals surface area contributed by atoms with Crippen LogP contribution in [-0.2, 0) is 19.1 Å². The predicted molar refractivity (Wildman–Crippen MR) is 99.7 cm³/mol. The molecule has 0 N–H and O–H groups in total. The first-order valence-electron chi connectivity index (χ1n) is 9.86. The van der Waals surface area contributed by atoms with Gasteiger partial charge >= 0.3 is 5.97 Å². The molecule has 6 rings (SSSR count). The van der Waals surface area contributed by atoms with E-state index >= 15 is 0 Å². The maximum absolute atomic E-state index is 12.8. The second-order valence-corrected chi connectivity index (χ2v) is 8.23. The van der Waals surface area contributed by atoms with Gasteiger partial charge in [-0.05, 0) is 54.4 Å². The Labute approximate surface area is 167 Å². The van der Waals surface area contributed by atoms with Gasteiger partial charge in [0.25, 0.3) is 0 Å². The van der Waals surface area contributed by atoms with Gasteiger partial charge in [-0.15, -0.1) is 0 Å². The molecule has 2 bridgehead atoms. The van der Waals surface area contributed by atoms with Crippen LogP contribution in [0.3, 0.4) is 0 Å². The van der Waals surface area contributed by atoms with Crippen LogP contribution in [0.1, 0.15) is 16.8 Å². The number of methoxy groups -OCH3 is 1. The number of likely N-dealkylation sites (tertiary alicyclic amines) is 1. The molecule has 1 heterocycles. The molecule has 7 heteroatoms. The molecule has 1 saturated heterocycles. The van der Waals surface area contributed by atoms with Crippen molar-refractivity contribution in [2.75, 3.05) is 20.3 Å². The SMILES string of the molecule is COc1ccc(C(=O)COC(=O)CN2C(=O)[C@@H]3[C@@H]4C=C[C@@H]([C@H]5C[C@H]45)[C@@H]3C2=O)cc1. The summed E-state index contributed by atoms with van der Waals surface area (Å²) in [4.78, 5) is 51.1. The molecule has 1 aliphatic heterocycles. The van der Waals surface area contributed by atoms with Crippen molar-refractivity contribution in [1.29, 1.82) is 0 Å².